The molecule has 3 N–H and O–H groups in total. The standard InChI is InChI=1S/C38H53N7O5S/c1-22(2)32-27-17-26(25-13-15-43(16-14-25)19-31(39)46)11-12-30(27)45(33(32)28-18-44-34(40-21-41-44)24(4)23(28)3)51-20-29(35(47)49-37(5,6)7)42-36(48)50-38(8,9)10/h11-12,17-18,21-22,25,29H,13-16,19-20H2,1-10H3,(H2,39,46)(H,42,48)/t29-/m0/s1. The smallest absolute Gasteiger partial charge is 0.408 e. The molecule has 1 saturated heterocycles. The van der Waals surface area contributed by atoms with Crippen LogP contribution in [0.4, 0.5) is 4.79 Å². The molecule has 0 radical (unpaired) electrons. The highest BCUT2D eigenvalue weighted by Crippen LogP contribution is 2.44. The first-order valence-corrected chi connectivity index (χ1v) is 18.6. The van der Waals surface area contributed by atoms with Crippen molar-refractivity contribution in [2.75, 3.05) is 25.4 Å². The van der Waals surface area contributed by atoms with Gasteiger partial charge < -0.3 is 20.5 Å². The van der Waals surface area contributed by atoms with Gasteiger partial charge in [-0.2, -0.15) is 5.10 Å². The van der Waals surface area contributed by atoms with E-state index in [2.05, 4.69) is 70.2 Å². The van der Waals surface area contributed by atoms with Gasteiger partial charge in [0.25, 0.3) is 0 Å². The highest BCUT2D eigenvalue weighted by Gasteiger charge is 2.32. The van der Waals surface area contributed by atoms with Crippen LogP contribution >= 0.6 is 11.9 Å². The average Bonchev–Trinajstić information content (AvgIpc) is 3.61. The molecule has 276 valence electrons. The van der Waals surface area contributed by atoms with Crippen molar-refractivity contribution < 1.29 is 23.9 Å². The summed E-state index contributed by atoms with van der Waals surface area (Å²) in [6.45, 7) is 21.2. The van der Waals surface area contributed by atoms with Gasteiger partial charge in [-0.25, -0.2) is 19.1 Å². The second-order valence-corrected chi connectivity index (χ2v) is 16.8. The first kappa shape index (κ1) is 38.1. The Morgan fingerprint density at radius 2 is 1.69 bits per heavy atom. The molecule has 4 heterocycles. The molecule has 12 nitrogen and oxygen atoms in total. The van der Waals surface area contributed by atoms with Crippen molar-refractivity contribution in [2.24, 2.45) is 5.73 Å². The molecule has 51 heavy (non-hydrogen) atoms. The summed E-state index contributed by atoms with van der Waals surface area (Å²) in [7, 11) is 0. The lowest BCUT2D eigenvalue weighted by Crippen LogP contribution is -2.47. The van der Waals surface area contributed by atoms with E-state index < -0.39 is 29.3 Å². The quantitative estimate of drug-likeness (QED) is 0.176. The SMILES string of the molecule is Cc1c(-c2c(C(C)C)c3cc(C4CCN(CC(N)=O)CC4)ccc3n2SC[C@H](NC(=O)OC(C)(C)C)C(=O)OC(C)(C)C)cn2ncnc2c1C. The Morgan fingerprint density at radius 3 is 2.29 bits per heavy atom. The van der Waals surface area contributed by atoms with Gasteiger partial charge in [0.05, 0.1) is 17.8 Å². The number of alkyl carbamates (subject to hydrolysis) is 1. The molecule has 0 saturated carbocycles. The highest BCUT2D eigenvalue weighted by atomic mass is 32.2. The number of aromatic nitrogens is 4. The Labute approximate surface area is 304 Å². The van der Waals surface area contributed by atoms with Crippen LogP contribution in [-0.2, 0) is 19.1 Å². The fourth-order valence-electron chi connectivity index (χ4n) is 6.76. The molecule has 13 heteroatoms. The molecular weight excluding hydrogens is 667 g/mol. The monoisotopic (exact) mass is 719 g/mol. The Bertz CT molecular complexity index is 1930. The summed E-state index contributed by atoms with van der Waals surface area (Å²) in [4.78, 5) is 44.7. The van der Waals surface area contributed by atoms with Crippen LogP contribution in [0.25, 0.3) is 27.8 Å². The van der Waals surface area contributed by atoms with Crippen LogP contribution in [0.15, 0.2) is 30.7 Å². The number of esters is 1. The van der Waals surface area contributed by atoms with E-state index in [-0.39, 0.29) is 24.1 Å². The Kier molecular flexibility index (Phi) is 11.1. The lowest BCUT2D eigenvalue weighted by atomic mass is 9.87. The summed E-state index contributed by atoms with van der Waals surface area (Å²) in [6, 6.07) is 5.70. The number of pyridine rings is 1. The molecule has 0 unspecified atom stereocenters. The number of nitrogens with zero attached hydrogens (tertiary/aromatic N) is 5. The van der Waals surface area contributed by atoms with Crippen molar-refractivity contribution in [2.45, 2.75) is 111 Å². The van der Waals surface area contributed by atoms with Crippen LogP contribution in [0.2, 0.25) is 0 Å². The van der Waals surface area contributed by atoms with Gasteiger partial charge in [-0.05, 0) is 139 Å². The van der Waals surface area contributed by atoms with Gasteiger partial charge in [0.1, 0.15) is 23.6 Å². The number of ether oxygens (including phenoxy) is 2. The molecule has 1 aliphatic rings. The Morgan fingerprint density at radius 1 is 1.02 bits per heavy atom. The minimum Gasteiger partial charge on any atom is -0.458 e. The number of piperidine rings is 1. The fraction of sp³-hybridized carbons (Fsp3) is 0.553. The molecule has 2 amide bonds. The van der Waals surface area contributed by atoms with E-state index in [1.165, 1.54) is 23.1 Å². The van der Waals surface area contributed by atoms with Crippen molar-refractivity contribution in [3.8, 4) is 11.3 Å². The zero-order chi connectivity index (χ0) is 37.4. The van der Waals surface area contributed by atoms with Crippen molar-refractivity contribution in [3.63, 3.8) is 0 Å². The van der Waals surface area contributed by atoms with E-state index in [1.807, 2.05) is 10.7 Å². The number of likely N-dealkylation sites (tertiary alicyclic amines) is 1. The van der Waals surface area contributed by atoms with Gasteiger partial charge in [-0.1, -0.05) is 19.9 Å². The Balaban J connectivity index is 1.62. The molecule has 1 aliphatic heterocycles. The molecule has 1 aromatic carbocycles. The summed E-state index contributed by atoms with van der Waals surface area (Å²) in [5.41, 5.74) is 12.4. The maximum absolute atomic E-state index is 13.6. The zero-order valence-electron chi connectivity index (χ0n) is 31.6. The topological polar surface area (TPSA) is 146 Å². The summed E-state index contributed by atoms with van der Waals surface area (Å²) in [5.74, 6) is -0.157. The van der Waals surface area contributed by atoms with Crippen molar-refractivity contribution in [3.05, 3.63) is 53.0 Å². The summed E-state index contributed by atoms with van der Waals surface area (Å²) in [6.07, 6.45) is 4.78. The maximum Gasteiger partial charge on any atom is 0.408 e. The normalized spacial score (nSPS) is 15.4. The van der Waals surface area contributed by atoms with Crippen LogP contribution in [0.5, 0.6) is 0 Å². The maximum atomic E-state index is 13.6. The first-order valence-electron chi connectivity index (χ1n) is 17.7. The lowest BCUT2D eigenvalue weighted by Gasteiger charge is -2.31. The first-order chi connectivity index (χ1) is 23.8. The molecule has 1 fully saturated rings. The van der Waals surface area contributed by atoms with Gasteiger partial charge in [-0.3, -0.25) is 13.7 Å². The summed E-state index contributed by atoms with van der Waals surface area (Å²) < 4.78 is 15.3. The van der Waals surface area contributed by atoms with E-state index in [0.29, 0.717) is 5.92 Å². The predicted octanol–water partition coefficient (Wildman–Crippen LogP) is 6.49. The van der Waals surface area contributed by atoms with Crippen LogP contribution in [-0.4, -0.2) is 84.1 Å². The number of aryl methyl sites for hydroxylation is 1. The van der Waals surface area contributed by atoms with E-state index >= 15 is 0 Å². The van der Waals surface area contributed by atoms with Crippen LogP contribution in [0.3, 0.4) is 0 Å². The number of nitrogens with one attached hydrogen (secondary N) is 1. The molecule has 0 spiro atoms. The van der Waals surface area contributed by atoms with Gasteiger partial charge in [0.15, 0.2) is 5.65 Å². The van der Waals surface area contributed by atoms with Gasteiger partial charge in [-0.15, -0.1) is 0 Å². The third-order valence-corrected chi connectivity index (χ3v) is 10.3. The van der Waals surface area contributed by atoms with Gasteiger partial charge in [0.2, 0.25) is 5.91 Å². The molecule has 0 bridgehead atoms. The second kappa shape index (κ2) is 14.9. The van der Waals surface area contributed by atoms with Crippen molar-refractivity contribution in [1.82, 2.24) is 28.8 Å². The largest absolute Gasteiger partial charge is 0.458 e. The second-order valence-electron chi connectivity index (χ2n) is 15.9. The number of hydrogen-bond acceptors (Lipinski definition) is 9. The number of carbonyl (C=O) groups is 3. The molecule has 5 rings (SSSR count). The minimum atomic E-state index is -0.984. The third-order valence-electron chi connectivity index (χ3n) is 9.14. The van der Waals surface area contributed by atoms with Crippen LogP contribution in [0.1, 0.15) is 102 Å². The van der Waals surface area contributed by atoms with Crippen molar-refractivity contribution >= 4 is 46.5 Å². The number of fused-ring (bicyclic) bond motifs is 2. The molecule has 3 aromatic heterocycles. The summed E-state index contributed by atoms with van der Waals surface area (Å²) >= 11 is 1.45. The number of rotatable bonds is 10. The Hall–Kier alpha value is -4.10. The number of benzene rings is 1. The van der Waals surface area contributed by atoms with E-state index in [1.54, 1.807) is 47.9 Å². The number of carbonyl (C=O) groups excluding carboxylic acids is 3. The lowest BCUT2D eigenvalue weighted by molar-refractivity contribution is -0.156. The zero-order valence-corrected chi connectivity index (χ0v) is 32.4. The van der Waals surface area contributed by atoms with E-state index in [4.69, 9.17) is 15.2 Å². The highest BCUT2D eigenvalue weighted by molar-refractivity contribution is 7.98. The third kappa shape index (κ3) is 8.86. The number of hydrogen-bond donors (Lipinski definition) is 2. The minimum absolute atomic E-state index is 0.143. The number of nitrogens with two attached hydrogens (primary N) is 1. The van der Waals surface area contributed by atoms with E-state index in [9.17, 15) is 14.4 Å². The van der Waals surface area contributed by atoms with Crippen LogP contribution < -0.4 is 11.1 Å². The predicted molar refractivity (Wildman–Crippen MR) is 202 cm³/mol. The molecule has 4 aromatic rings. The molecule has 1 atom stereocenters. The number of amides is 2. The molecular formula is C38H53N7O5S. The average molecular weight is 720 g/mol. The van der Waals surface area contributed by atoms with Crippen molar-refractivity contribution in [1.29, 1.82) is 0 Å². The van der Waals surface area contributed by atoms with Gasteiger partial charge in [0, 0.05) is 22.9 Å². The number of primary amides is 1. The van der Waals surface area contributed by atoms with E-state index in [0.717, 1.165) is 64.9 Å². The van der Waals surface area contributed by atoms with Crippen LogP contribution in [0, 0.1) is 13.8 Å². The summed E-state index contributed by atoms with van der Waals surface area (Å²) in [5, 5.41) is 8.41. The molecule has 0 aliphatic carbocycles. The van der Waals surface area contributed by atoms with Gasteiger partial charge >= 0.3 is 12.1 Å². The fourth-order valence-corrected chi connectivity index (χ4v) is 7.90.